The molecule has 2 aliphatic rings. The van der Waals surface area contributed by atoms with Crippen LogP contribution in [0.1, 0.15) is 71.6 Å². The second-order valence-electron chi connectivity index (χ2n) is 14.7. The molecule has 0 spiro atoms. The lowest BCUT2D eigenvalue weighted by molar-refractivity contribution is -0.179. The van der Waals surface area contributed by atoms with Crippen LogP contribution in [0.3, 0.4) is 0 Å². The van der Waals surface area contributed by atoms with Gasteiger partial charge in [0.05, 0.1) is 6.54 Å². The first-order valence-corrected chi connectivity index (χ1v) is 18.9. The fourth-order valence-electron chi connectivity index (χ4n) is 4.37. The number of thiazole rings is 1. The number of rotatable bonds is 11. The number of likely N-dealkylation sites (tertiary alicyclic amines) is 1. The number of pyridine rings is 1. The highest BCUT2D eigenvalue weighted by Gasteiger charge is 2.49. The van der Waals surface area contributed by atoms with E-state index in [-0.39, 0.29) is 15.8 Å². The zero-order chi connectivity index (χ0) is 43.7. The van der Waals surface area contributed by atoms with Crippen molar-refractivity contribution < 1.29 is 66.2 Å². The van der Waals surface area contributed by atoms with Gasteiger partial charge >= 0.3 is 34.3 Å². The van der Waals surface area contributed by atoms with Gasteiger partial charge in [-0.1, -0.05) is 5.16 Å². The summed E-state index contributed by atoms with van der Waals surface area (Å²) < 4.78 is 37.4. The van der Waals surface area contributed by atoms with E-state index in [1.807, 2.05) is 5.43 Å². The number of carbonyl (C=O) groups is 8. The summed E-state index contributed by atoms with van der Waals surface area (Å²) >= 11 is 0.847. The number of nitrogens with one attached hydrogen (secondary N) is 5. The van der Waals surface area contributed by atoms with Crippen LogP contribution in [0.5, 0.6) is 5.75 Å². The molecule has 2 aliphatic heterocycles. The lowest BCUT2D eigenvalue weighted by Crippen LogP contribution is -2.68. The van der Waals surface area contributed by atoms with E-state index in [4.69, 9.17) is 14.3 Å². The summed E-state index contributed by atoms with van der Waals surface area (Å²) in [5, 5.41) is 19.3. The number of nitrogens with zero attached hydrogens (tertiary/aromatic N) is 5. The fourth-order valence-corrected chi connectivity index (χ4v) is 6.11. The standard InChI is InChI=1S/C31H38N10O15S2/c1-29(2,3)54-24(48)31(7,8)56-37-20(16-13-57-25(34-16)35-27(50)55-30(4,5)6)22(46)33-15-11-39(23(15)47)26(49)38-58(52,53)41-19(44)12-40(28(41)51)36-21(45)14-9-17(42)18(43)10-32-14/h9-10,13,15,43H,11-12H2,1-8H3,(H,32,42)(H,33,46)(H,36,45)(H,38,49)(H,34,35,50). The smallest absolute Gasteiger partial charge is 0.413 e. The van der Waals surface area contributed by atoms with Crippen LogP contribution < -0.4 is 26.2 Å². The molecule has 0 saturated carbocycles. The molecule has 0 aliphatic carbocycles. The van der Waals surface area contributed by atoms with Crippen molar-refractivity contribution in [1.29, 1.82) is 0 Å². The topological polar surface area (TPSA) is 335 Å². The number of hydrogen-bond acceptors (Lipinski definition) is 18. The minimum atomic E-state index is -5.34. The van der Waals surface area contributed by atoms with Gasteiger partial charge in [0.1, 0.15) is 35.2 Å². The first kappa shape index (κ1) is 44.1. The molecule has 4 heterocycles. The number of anilines is 1. The SMILES string of the molecule is CC(C)(C)OC(=O)Nc1nc(C(=NOC(C)(C)C(=O)OC(C)(C)C)C(=O)NC2CN(C(=O)NS(=O)(=O)N3C(=O)CN(NC(=O)c4cc(=O)c(O)c[nH]4)C3=O)C2=O)cs1. The molecular weight excluding hydrogens is 817 g/mol. The molecule has 58 heavy (non-hydrogen) atoms. The molecule has 2 fully saturated rings. The predicted molar refractivity (Wildman–Crippen MR) is 196 cm³/mol. The monoisotopic (exact) mass is 854 g/mol. The second kappa shape index (κ2) is 16.1. The van der Waals surface area contributed by atoms with E-state index < -0.39 is 121 Å². The summed E-state index contributed by atoms with van der Waals surface area (Å²) in [6.07, 6.45) is -0.0973. The van der Waals surface area contributed by atoms with E-state index >= 15 is 0 Å². The number of oxime groups is 1. The molecule has 27 heteroatoms. The molecule has 2 aromatic heterocycles. The van der Waals surface area contributed by atoms with Crippen molar-refractivity contribution in [3.63, 3.8) is 0 Å². The van der Waals surface area contributed by atoms with Crippen LogP contribution in [-0.4, -0.2) is 127 Å². The third kappa shape index (κ3) is 10.6. The number of aromatic amines is 1. The zero-order valence-corrected chi connectivity index (χ0v) is 33.6. The minimum Gasteiger partial charge on any atom is -0.503 e. The number of aromatic hydroxyl groups is 1. The third-order valence-corrected chi connectivity index (χ3v) is 9.09. The maximum Gasteiger partial charge on any atom is 0.413 e. The quantitative estimate of drug-likeness (QED) is 0.0551. The maximum atomic E-state index is 13.5. The maximum absolute atomic E-state index is 13.5. The molecule has 0 bridgehead atoms. The summed E-state index contributed by atoms with van der Waals surface area (Å²) in [5.74, 6) is -6.48. The Labute approximate surface area is 332 Å². The summed E-state index contributed by atoms with van der Waals surface area (Å²) in [6, 6.07) is -4.09. The number of urea groups is 2. The van der Waals surface area contributed by atoms with E-state index in [0.717, 1.165) is 17.5 Å². The number of esters is 1. The molecule has 9 amide bonds. The van der Waals surface area contributed by atoms with Crippen molar-refractivity contribution in [2.24, 2.45) is 5.16 Å². The Morgan fingerprint density at radius 3 is 2.22 bits per heavy atom. The van der Waals surface area contributed by atoms with Crippen LogP contribution in [0.4, 0.5) is 19.5 Å². The summed E-state index contributed by atoms with van der Waals surface area (Å²) in [4.78, 5) is 126. The Morgan fingerprint density at radius 1 is 1.00 bits per heavy atom. The highest BCUT2D eigenvalue weighted by molar-refractivity contribution is 7.88. The molecule has 6 N–H and O–H groups in total. The number of carbonyl (C=O) groups excluding carboxylic acids is 8. The number of H-pyrrole nitrogens is 1. The Hall–Kier alpha value is -6.64. The van der Waals surface area contributed by atoms with Gasteiger partial charge in [0.2, 0.25) is 11.0 Å². The van der Waals surface area contributed by atoms with Crippen molar-refractivity contribution in [1.82, 2.24) is 39.6 Å². The minimum absolute atomic E-state index is 0.0471. The number of β-lactam (4-membered cyclic amide) rings is 1. The Balaban J connectivity index is 1.44. The number of amides is 9. The van der Waals surface area contributed by atoms with Gasteiger partial charge in [-0.2, -0.15) is 8.42 Å². The van der Waals surface area contributed by atoms with Crippen LogP contribution in [-0.2, 0) is 43.7 Å². The first-order chi connectivity index (χ1) is 26.6. The van der Waals surface area contributed by atoms with Crippen LogP contribution in [0.25, 0.3) is 0 Å². The molecule has 314 valence electrons. The number of imide groups is 2. The molecule has 0 aromatic carbocycles. The van der Waals surface area contributed by atoms with Crippen molar-refractivity contribution in [2.45, 2.75) is 78.2 Å². The molecular formula is C31H38N10O15S2. The summed E-state index contributed by atoms with van der Waals surface area (Å²) in [7, 11) is -5.34. The number of ether oxygens (including phenoxy) is 2. The highest BCUT2D eigenvalue weighted by atomic mass is 32.2. The molecule has 4 rings (SSSR count). The predicted octanol–water partition coefficient (Wildman–Crippen LogP) is -0.384. The van der Waals surface area contributed by atoms with E-state index in [0.29, 0.717) is 11.0 Å². The van der Waals surface area contributed by atoms with Gasteiger partial charge in [0, 0.05) is 17.6 Å². The lowest BCUT2D eigenvalue weighted by atomic mass is 10.1. The van der Waals surface area contributed by atoms with Crippen LogP contribution >= 0.6 is 11.3 Å². The molecule has 1 unspecified atom stereocenters. The van der Waals surface area contributed by atoms with Crippen molar-refractivity contribution in [2.75, 3.05) is 18.4 Å². The Kier molecular flexibility index (Phi) is 12.2. The number of aromatic nitrogens is 2. The first-order valence-electron chi connectivity index (χ1n) is 16.6. The Morgan fingerprint density at radius 2 is 1.64 bits per heavy atom. The van der Waals surface area contributed by atoms with E-state index in [9.17, 15) is 56.7 Å². The summed E-state index contributed by atoms with van der Waals surface area (Å²) in [6.45, 7) is 10.7. The molecule has 2 saturated heterocycles. The van der Waals surface area contributed by atoms with E-state index in [1.165, 1.54) is 23.9 Å². The summed E-state index contributed by atoms with van der Waals surface area (Å²) in [5.41, 5.74) is -3.90. The average molecular weight is 855 g/mol. The van der Waals surface area contributed by atoms with E-state index in [2.05, 4.69) is 25.8 Å². The van der Waals surface area contributed by atoms with Gasteiger partial charge in [0.15, 0.2) is 16.6 Å². The fraction of sp³-hybridized carbons (Fsp3) is 0.452. The molecule has 2 aromatic rings. The van der Waals surface area contributed by atoms with Gasteiger partial charge in [-0.05, 0) is 55.4 Å². The average Bonchev–Trinajstić information content (AvgIpc) is 3.64. The van der Waals surface area contributed by atoms with Gasteiger partial charge in [-0.25, -0.2) is 33.9 Å². The third-order valence-electron chi connectivity index (χ3n) is 7.06. The molecule has 25 nitrogen and oxygen atoms in total. The molecule has 0 radical (unpaired) electrons. The van der Waals surface area contributed by atoms with Gasteiger partial charge in [-0.3, -0.25) is 39.6 Å². The Bertz CT molecular complexity index is 2270. The highest BCUT2D eigenvalue weighted by Crippen LogP contribution is 2.22. The molecule has 1 atom stereocenters. The second-order valence-corrected chi connectivity index (χ2v) is 17.0. The van der Waals surface area contributed by atoms with Crippen LogP contribution in [0, 0.1) is 0 Å². The van der Waals surface area contributed by atoms with E-state index in [1.54, 1.807) is 41.5 Å². The largest absolute Gasteiger partial charge is 0.503 e. The van der Waals surface area contributed by atoms with Crippen LogP contribution in [0.15, 0.2) is 27.6 Å². The van der Waals surface area contributed by atoms with Crippen molar-refractivity contribution in [3.05, 3.63) is 39.3 Å². The van der Waals surface area contributed by atoms with Gasteiger partial charge in [-0.15, -0.1) is 15.6 Å². The normalized spacial score (nSPS) is 16.3. The van der Waals surface area contributed by atoms with Crippen molar-refractivity contribution in [3.8, 4) is 5.75 Å². The van der Waals surface area contributed by atoms with Crippen LogP contribution in [0.2, 0.25) is 0 Å². The lowest BCUT2D eigenvalue weighted by Gasteiger charge is -2.36. The zero-order valence-electron chi connectivity index (χ0n) is 31.9. The van der Waals surface area contributed by atoms with Gasteiger partial charge in [0.25, 0.3) is 23.6 Å². The van der Waals surface area contributed by atoms with Crippen molar-refractivity contribution >= 4 is 80.1 Å². The number of hydrazine groups is 1. The number of hydrogen-bond donors (Lipinski definition) is 6. The van der Waals surface area contributed by atoms with Gasteiger partial charge < -0.3 is 29.7 Å².